The summed E-state index contributed by atoms with van der Waals surface area (Å²) in [5.74, 6) is 2.32. The number of nitrogens with two attached hydrogens (primary N) is 1. The van der Waals surface area contributed by atoms with Crippen LogP contribution in [0.15, 0.2) is 11.2 Å². The van der Waals surface area contributed by atoms with Crippen molar-refractivity contribution in [3.8, 4) is 0 Å². The number of oxime groups is 1. The molecule has 0 bridgehead atoms. The standard InChI is InChI=1S/C13H20N4OS/c1-8-6-11(17-4-5-19-7-9(17)2)12(10(3)15-8)13(14)16-18/h6,9,18H,4-5,7H2,1-3H3,(H2,14,16). The topological polar surface area (TPSA) is 74.7 Å². The fraction of sp³-hybridized carbons (Fsp3) is 0.538. The first-order valence-electron chi connectivity index (χ1n) is 6.35. The van der Waals surface area contributed by atoms with Gasteiger partial charge in [-0.05, 0) is 26.8 Å². The molecule has 3 N–H and O–H groups in total. The minimum absolute atomic E-state index is 0.130. The number of nitrogens with zero attached hydrogens (tertiary/aromatic N) is 3. The normalized spacial score (nSPS) is 20.7. The van der Waals surface area contributed by atoms with Gasteiger partial charge >= 0.3 is 0 Å². The molecule has 6 heteroatoms. The largest absolute Gasteiger partial charge is 0.409 e. The molecule has 1 aliphatic rings. The molecule has 1 atom stereocenters. The molecule has 1 aromatic heterocycles. The molecule has 2 rings (SSSR count). The monoisotopic (exact) mass is 280 g/mol. The Hall–Kier alpha value is -1.43. The van der Waals surface area contributed by atoms with Crippen molar-refractivity contribution in [3.63, 3.8) is 0 Å². The summed E-state index contributed by atoms with van der Waals surface area (Å²) in [5, 5.41) is 12.1. The Kier molecular flexibility index (Phi) is 4.19. The molecule has 0 aromatic carbocycles. The third kappa shape index (κ3) is 2.78. The summed E-state index contributed by atoms with van der Waals surface area (Å²) in [7, 11) is 0. The predicted molar refractivity (Wildman–Crippen MR) is 80.4 cm³/mol. The van der Waals surface area contributed by atoms with Crippen molar-refractivity contribution in [3.05, 3.63) is 23.0 Å². The van der Waals surface area contributed by atoms with Gasteiger partial charge in [0, 0.05) is 29.8 Å². The lowest BCUT2D eigenvalue weighted by molar-refractivity contribution is 0.318. The number of thioether (sulfide) groups is 1. The van der Waals surface area contributed by atoms with E-state index in [1.54, 1.807) is 0 Å². The lowest BCUT2D eigenvalue weighted by atomic mass is 10.1. The van der Waals surface area contributed by atoms with Gasteiger partial charge in [-0.1, -0.05) is 5.16 Å². The zero-order valence-corrected chi connectivity index (χ0v) is 12.4. The molecule has 1 unspecified atom stereocenters. The number of aryl methyl sites for hydroxylation is 2. The van der Waals surface area contributed by atoms with Crippen LogP contribution >= 0.6 is 11.8 Å². The number of pyridine rings is 1. The van der Waals surface area contributed by atoms with Crippen LogP contribution in [0.1, 0.15) is 23.9 Å². The average Bonchev–Trinajstić information content (AvgIpc) is 2.37. The summed E-state index contributed by atoms with van der Waals surface area (Å²) in [6.07, 6.45) is 0. The molecule has 1 aliphatic heterocycles. The van der Waals surface area contributed by atoms with E-state index in [-0.39, 0.29) is 5.84 Å². The van der Waals surface area contributed by atoms with Gasteiger partial charge in [-0.15, -0.1) is 0 Å². The minimum Gasteiger partial charge on any atom is -0.409 e. The number of aromatic nitrogens is 1. The summed E-state index contributed by atoms with van der Waals surface area (Å²) in [6.45, 7) is 7.04. The van der Waals surface area contributed by atoms with E-state index in [0.29, 0.717) is 6.04 Å². The van der Waals surface area contributed by atoms with Gasteiger partial charge < -0.3 is 15.8 Å². The van der Waals surface area contributed by atoms with E-state index in [1.165, 1.54) is 0 Å². The first kappa shape index (κ1) is 14.0. The van der Waals surface area contributed by atoms with E-state index in [9.17, 15) is 0 Å². The highest BCUT2D eigenvalue weighted by Crippen LogP contribution is 2.29. The third-order valence-corrected chi connectivity index (χ3v) is 4.54. The smallest absolute Gasteiger partial charge is 0.174 e. The Morgan fingerprint density at radius 2 is 2.32 bits per heavy atom. The number of hydrogen-bond acceptors (Lipinski definition) is 5. The predicted octanol–water partition coefficient (Wildman–Crippen LogP) is 1.73. The van der Waals surface area contributed by atoms with Gasteiger partial charge in [0.05, 0.1) is 16.9 Å². The molecule has 2 heterocycles. The molecule has 0 aliphatic carbocycles. The van der Waals surface area contributed by atoms with Crippen LogP contribution in [0.25, 0.3) is 0 Å². The Morgan fingerprint density at radius 1 is 1.58 bits per heavy atom. The molecule has 1 aromatic rings. The van der Waals surface area contributed by atoms with Crippen LogP contribution < -0.4 is 10.6 Å². The van der Waals surface area contributed by atoms with E-state index in [2.05, 4.69) is 22.0 Å². The lowest BCUT2D eigenvalue weighted by Gasteiger charge is -2.36. The molecule has 104 valence electrons. The van der Waals surface area contributed by atoms with Gasteiger partial charge in [0.15, 0.2) is 5.84 Å². The number of anilines is 1. The highest BCUT2D eigenvalue weighted by molar-refractivity contribution is 7.99. The van der Waals surface area contributed by atoms with E-state index in [1.807, 2.05) is 31.7 Å². The first-order valence-corrected chi connectivity index (χ1v) is 7.50. The highest BCUT2D eigenvalue weighted by Gasteiger charge is 2.24. The van der Waals surface area contributed by atoms with Crippen LogP contribution in [0.3, 0.4) is 0 Å². The van der Waals surface area contributed by atoms with Crippen molar-refractivity contribution in [1.29, 1.82) is 0 Å². The fourth-order valence-electron chi connectivity index (χ4n) is 2.49. The van der Waals surface area contributed by atoms with Crippen LogP contribution in [0.4, 0.5) is 5.69 Å². The van der Waals surface area contributed by atoms with Gasteiger partial charge in [-0.2, -0.15) is 11.8 Å². The van der Waals surface area contributed by atoms with Crippen molar-refractivity contribution in [2.75, 3.05) is 23.0 Å². The van der Waals surface area contributed by atoms with Crippen molar-refractivity contribution >= 4 is 23.3 Å². The molecule has 0 saturated carbocycles. The molecule has 0 spiro atoms. The van der Waals surface area contributed by atoms with Crippen LogP contribution in [-0.4, -0.2) is 40.1 Å². The maximum atomic E-state index is 8.98. The zero-order chi connectivity index (χ0) is 14.0. The van der Waals surface area contributed by atoms with Gasteiger partial charge in [-0.3, -0.25) is 4.98 Å². The maximum absolute atomic E-state index is 8.98. The summed E-state index contributed by atoms with van der Waals surface area (Å²) < 4.78 is 0. The van der Waals surface area contributed by atoms with E-state index < -0.39 is 0 Å². The van der Waals surface area contributed by atoms with Gasteiger partial charge in [0.2, 0.25) is 0 Å². The molecule has 0 radical (unpaired) electrons. The SMILES string of the molecule is Cc1cc(N2CCSCC2C)c(/C(N)=N/O)c(C)n1. The molecular weight excluding hydrogens is 260 g/mol. The first-order chi connectivity index (χ1) is 9.04. The summed E-state index contributed by atoms with van der Waals surface area (Å²) >= 11 is 1.96. The van der Waals surface area contributed by atoms with Crippen molar-refractivity contribution < 1.29 is 5.21 Å². The minimum atomic E-state index is 0.130. The van der Waals surface area contributed by atoms with Crippen LogP contribution in [-0.2, 0) is 0 Å². The Bertz CT molecular complexity index is 504. The number of amidine groups is 1. The molecule has 19 heavy (non-hydrogen) atoms. The van der Waals surface area contributed by atoms with Gasteiger partial charge in [0.25, 0.3) is 0 Å². The highest BCUT2D eigenvalue weighted by atomic mass is 32.2. The van der Waals surface area contributed by atoms with Crippen molar-refractivity contribution in [1.82, 2.24) is 4.98 Å². The molecule has 1 saturated heterocycles. The number of hydrogen-bond donors (Lipinski definition) is 2. The quantitative estimate of drug-likeness (QED) is 0.373. The Labute approximate surface area is 117 Å². The average molecular weight is 280 g/mol. The molecule has 1 fully saturated rings. The maximum Gasteiger partial charge on any atom is 0.174 e. The second kappa shape index (κ2) is 5.69. The molecule has 0 amide bonds. The fourth-order valence-corrected chi connectivity index (χ4v) is 3.50. The Balaban J connectivity index is 2.54. The summed E-state index contributed by atoms with van der Waals surface area (Å²) in [4.78, 5) is 6.74. The second-order valence-corrected chi connectivity index (χ2v) is 6.00. The summed E-state index contributed by atoms with van der Waals surface area (Å²) in [6, 6.07) is 2.46. The van der Waals surface area contributed by atoms with Crippen LogP contribution in [0.5, 0.6) is 0 Å². The van der Waals surface area contributed by atoms with Gasteiger partial charge in [0.1, 0.15) is 0 Å². The molecule has 5 nitrogen and oxygen atoms in total. The lowest BCUT2D eigenvalue weighted by Crippen LogP contribution is -2.41. The number of rotatable bonds is 2. The summed E-state index contributed by atoms with van der Waals surface area (Å²) in [5.41, 5.74) is 9.34. The van der Waals surface area contributed by atoms with Gasteiger partial charge in [-0.25, -0.2) is 0 Å². The van der Waals surface area contributed by atoms with E-state index in [0.717, 1.165) is 40.7 Å². The van der Waals surface area contributed by atoms with Crippen molar-refractivity contribution in [2.45, 2.75) is 26.8 Å². The zero-order valence-electron chi connectivity index (χ0n) is 11.6. The van der Waals surface area contributed by atoms with Crippen LogP contribution in [0, 0.1) is 13.8 Å². The second-order valence-electron chi connectivity index (χ2n) is 4.85. The molecular formula is C13H20N4OS. The van der Waals surface area contributed by atoms with Crippen molar-refractivity contribution in [2.24, 2.45) is 10.9 Å². The van der Waals surface area contributed by atoms with E-state index >= 15 is 0 Å². The van der Waals surface area contributed by atoms with Crippen LogP contribution in [0.2, 0.25) is 0 Å². The Morgan fingerprint density at radius 3 is 2.95 bits per heavy atom. The third-order valence-electron chi connectivity index (χ3n) is 3.35. The van der Waals surface area contributed by atoms with E-state index in [4.69, 9.17) is 10.9 Å².